The highest BCUT2D eigenvalue weighted by Crippen LogP contribution is 2.73. The molecule has 0 aliphatic heterocycles. The number of nitrogens with one attached hydrogen (secondary N) is 11. The number of rotatable bonds is 41. The summed E-state index contributed by atoms with van der Waals surface area (Å²) in [5.41, 5.74) is -3.34. The van der Waals surface area contributed by atoms with E-state index in [0.29, 0.717) is 18.4 Å². The number of alkyl halides is 2. The summed E-state index contributed by atoms with van der Waals surface area (Å²) in [6, 6.07) is 20.5. The summed E-state index contributed by atoms with van der Waals surface area (Å²) in [4.78, 5) is 255. The summed E-state index contributed by atoms with van der Waals surface area (Å²) in [6.45, 7) is 42.7. The molecule has 9 fully saturated rings. The molecule has 12 amide bonds. The van der Waals surface area contributed by atoms with Crippen LogP contribution < -0.4 is 58.5 Å². The number of hydrogen-bond donors (Lipinski definition) is 11. The van der Waals surface area contributed by atoms with Crippen molar-refractivity contribution in [2.75, 3.05) is 33.7 Å². The molecular formula is C113H162Cl2N12O23. The van der Waals surface area contributed by atoms with Gasteiger partial charge >= 0.3 is 24.2 Å². The van der Waals surface area contributed by atoms with Gasteiger partial charge in [0, 0.05) is 44.3 Å². The quantitative estimate of drug-likeness (QED) is 0.0109. The Balaban J connectivity index is 0.000000230. The molecule has 35 nitrogen and oxygen atoms in total. The Bertz CT molecular complexity index is 5480. The van der Waals surface area contributed by atoms with E-state index in [9.17, 15) is 91.1 Å². The van der Waals surface area contributed by atoms with E-state index in [1.54, 1.807) is 135 Å². The average Bonchev–Trinajstić information content (AvgIpc) is 1.53. The Hall–Kier alpha value is -11.2. The fraction of sp³-hybridized carbons (Fsp3) is 0.673. The van der Waals surface area contributed by atoms with Crippen LogP contribution in [0.25, 0.3) is 0 Å². The molecule has 0 aromatic heterocycles. The fourth-order valence-corrected chi connectivity index (χ4v) is 22.8. The smallest absolute Gasteiger partial charge is 0.408 e. The molecule has 150 heavy (non-hydrogen) atoms. The molecule has 0 bridgehead atoms. The van der Waals surface area contributed by atoms with Gasteiger partial charge in [-0.3, -0.25) is 76.7 Å². The van der Waals surface area contributed by atoms with Gasteiger partial charge < -0.3 is 82.3 Å². The maximum absolute atomic E-state index is 14.3. The lowest BCUT2D eigenvalue weighted by Crippen LogP contribution is -2.55. The van der Waals surface area contributed by atoms with Crippen molar-refractivity contribution < 1.29 is 110 Å². The number of ether oxygens (including phenoxy) is 4. The molecule has 9 aliphatic rings. The zero-order valence-corrected chi connectivity index (χ0v) is 93.7. The molecule has 0 heterocycles. The molecule has 0 spiro atoms. The monoisotopic (exact) mass is 2130 g/mol. The van der Waals surface area contributed by atoms with Crippen molar-refractivity contribution in [2.45, 2.75) is 332 Å². The highest BCUT2D eigenvalue weighted by Gasteiger charge is 2.75. The lowest BCUT2D eigenvalue weighted by atomic mass is 9.74. The lowest BCUT2D eigenvalue weighted by Gasteiger charge is -2.36. The van der Waals surface area contributed by atoms with Crippen LogP contribution in [-0.4, -0.2) is 208 Å². The van der Waals surface area contributed by atoms with Crippen molar-refractivity contribution in [3.05, 3.63) is 108 Å². The molecule has 11 N–H and O–H groups in total. The summed E-state index contributed by atoms with van der Waals surface area (Å²) < 4.78 is 20.7. The number of esters is 1. The minimum absolute atomic E-state index is 0.00199. The van der Waals surface area contributed by atoms with E-state index in [1.807, 2.05) is 108 Å². The Morgan fingerprint density at radius 1 is 0.380 bits per heavy atom. The summed E-state index contributed by atoms with van der Waals surface area (Å²) >= 11 is 13.1. The van der Waals surface area contributed by atoms with Crippen LogP contribution >= 0.6 is 23.2 Å². The van der Waals surface area contributed by atoms with Crippen LogP contribution in [0.3, 0.4) is 0 Å². The fourth-order valence-electron chi connectivity index (χ4n) is 21.9. The summed E-state index contributed by atoms with van der Waals surface area (Å²) in [5, 5.41) is 29.4. The van der Waals surface area contributed by atoms with Crippen molar-refractivity contribution >= 4 is 135 Å². The molecular weight excluding hydrogens is 1960 g/mol. The number of fused-ring (bicyclic) bond motifs is 3. The predicted octanol–water partition coefficient (Wildman–Crippen LogP) is 12.8. The number of halogens is 2. The van der Waals surface area contributed by atoms with Gasteiger partial charge in [0.1, 0.15) is 33.3 Å². The number of nitrogens with zero attached hydrogens (tertiary/aromatic N) is 1. The van der Waals surface area contributed by atoms with Gasteiger partial charge in [-0.1, -0.05) is 226 Å². The number of carbonyl (C=O) groups excluding carboxylic acids is 19. The first-order valence-corrected chi connectivity index (χ1v) is 53.6. The maximum Gasteiger partial charge on any atom is 0.408 e. The first-order chi connectivity index (χ1) is 69.3. The van der Waals surface area contributed by atoms with Crippen LogP contribution in [-0.2, 0) is 108 Å². The van der Waals surface area contributed by atoms with Gasteiger partial charge in [0.2, 0.25) is 52.8 Å². The summed E-state index contributed by atoms with van der Waals surface area (Å²) in [6.07, 6.45) is 6.00. The van der Waals surface area contributed by atoms with Gasteiger partial charge in [-0.15, -0.1) is 23.2 Å². The Morgan fingerprint density at radius 3 is 1.04 bits per heavy atom. The standard InChI is InChI=1S/C41H61N5O8.C38H55N3O8.C34H46Cl2N4O7/c1-39(2,3)35(45-38(53)54-40(4,5)6)33(49)25-20-26-32(41(26,7)8)31(25)36(51)44-28(19-23-15-14-16-23)34(50)37(52)42-22-29(47)43-27(21-30(48)46(9)10)24-17-12-11-13-18-24;1-35(2,3)31(41-34(47)49-36(4,5)6)29(43)23-19-24-28(37(24,7)8)27(23)32(45)40-25(18-21-16-17-21)30(44)33(46)39-20-26(42)48-38(9,10)22-14-12-11-13-15-22;1-32(2,3)28(40-31(46)47-33(4,5)6)26(42)20-15-21-25(34(21,35)36)24(20)29(44)39-22(14-18-12-13-18)27(43)30(45)38-17-23(41)37-16-19-10-8-7-9-11-19/h11-13,17-18,23,25-28,31-32,35H,14-16,19-22H2,1-10H3,(H,42,52)(H,43,47)(H,44,51)(H,45,53);11-15,21,23-25,27-28,31H,16-20H2,1-10H3,(H,39,46)(H,40,45)(H,41,47);7-11,18,20-22,24-25,28H,12-17H2,1-6H3,(H,37,41)(H,38,45)(H,39,44)(H,40,46)/t25?,26-,27+,28-,31-,32-,35+;23?,24-,25?,27-,28-,31+;20?,21-,22?,24-,25-,28+/m000/s1. The van der Waals surface area contributed by atoms with E-state index in [2.05, 4.69) is 86.2 Å². The number of carbonyl (C=O) groups is 19. The molecule has 12 rings (SSSR count). The number of ketones is 6. The number of Topliss-reactive ketones (excluding diaryl/α,β-unsaturated/α-hetero) is 6. The van der Waals surface area contributed by atoms with Gasteiger partial charge in [0.15, 0.2) is 17.3 Å². The van der Waals surface area contributed by atoms with Gasteiger partial charge in [-0.2, -0.15) is 0 Å². The third kappa shape index (κ3) is 32.4. The van der Waals surface area contributed by atoms with Crippen LogP contribution in [0, 0.1) is 116 Å². The van der Waals surface area contributed by atoms with Crippen LogP contribution in [0.2, 0.25) is 0 Å². The first kappa shape index (κ1) is 121. The molecule has 19 atom stereocenters. The molecule has 0 saturated heterocycles. The molecule has 826 valence electrons. The molecule has 37 heteroatoms. The predicted molar refractivity (Wildman–Crippen MR) is 562 cm³/mol. The maximum atomic E-state index is 14.3. The lowest BCUT2D eigenvalue weighted by molar-refractivity contribution is -0.157. The van der Waals surface area contributed by atoms with E-state index < -0.39 is 235 Å². The average molecular weight is 2130 g/mol. The molecule has 3 aromatic rings. The number of amides is 12. The van der Waals surface area contributed by atoms with Crippen LogP contribution in [0.5, 0.6) is 0 Å². The minimum Gasteiger partial charge on any atom is -0.453 e. The third-order valence-electron chi connectivity index (χ3n) is 30.7. The van der Waals surface area contributed by atoms with Crippen molar-refractivity contribution in [1.29, 1.82) is 0 Å². The van der Waals surface area contributed by atoms with Crippen LogP contribution in [0.1, 0.15) is 279 Å². The summed E-state index contributed by atoms with van der Waals surface area (Å²) in [5.74, 6) is -14.9. The largest absolute Gasteiger partial charge is 0.453 e. The third-order valence-corrected chi connectivity index (χ3v) is 31.7. The Morgan fingerprint density at radius 2 is 0.707 bits per heavy atom. The summed E-state index contributed by atoms with van der Waals surface area (Å²) in [7, 11) is 3.25. The minimum atomic E-state index is -1.21. The zero-order chi connectivity index (χ0) is 112. The topological polar surface area (TPSA) is 497 Å². The molecule has 5 unspecified atom stereocenters. The van der Waals surface area contributed by atoms with Gasteiger partial charge in [0.05, 0.1) is 79.6 Å². The second-order valence-electron chi connectivity index (χ2n) is 50.7. The highest BCUT2D eigenvalue weighted by atomic mass is 35.5. The highest BCUT2D eigenvalue weighted by molar-refractivity contribution is 6.51. The van der Waals surface area contributed by atoms with Gasteiger partial charge in [-0.05, 0) is 206 Å². The first-order valence-electron chi connectivity index (χ1n) is 52.8. The van der Waals surface area contributed by atoms with E-state index in [-0.39, 0.29) is 120 Å². The SMILES string of the molecule is CC(C)(C)OC(=O)N[C@H](C(=O)C1C[C@H]2[C@@H]([C@H]1C(=O)NC(CC1CC1)C(=O)C(=O)NCC(=O)NCc1ccccc1)C2(Cl)Cl)C(C)(C)C.CC(C)(C)OC(=O)N[C@H](C(=O)C1C[C@H]2[C@@H]([C@H]1C(=O)NC(CC1CC1)C(=O)C(=O)NCC(=O)OC(C)(C)c1ccccc1)C2(C)C)C(C)(C)C.CN(C)C(=O)C[C@@H](NC(=O)CNC(=O)C(=O)[C@H](CC1CCC1)NC(=O)[C@H]1C(C(=O)[C@@H](NC(=O)OC(C)(C)C)C(C)(C)C)C[C@H]2[C@@H]1C2(C)C)c1ccccc1. The van der Waals surface area contributed by atoms with Crippen LogP contribution in [0.4, 0.5) is 14.4 Å². The number of benzene rings is 3. The van der Waals surface area contributed by atoms with Crippen molar-refractivity contribution in [3.63, 3.8) is 0 Å². The van der Waals surface area contributed by atoms with Crippen LogP contribution in [0.15, 0.2) is 91.0 Å². The molecule has 9 aliphatic carbocycles. The second-order valence-corrected chi connectivity index (χ2v) is 52.2. The molecule has 0 radical (unpaired) electrons. The number of hydrogen-bond acceptors (Lipinski definition) is 23. The van der Waals surface area contributed by atoms with Gasteiger partial charge in [-0.25, -0.2) is 14.4 Å². The van der Waals surface area contributed by atoms with Gasteiger partial charge in [0.25, 0.3) is 17.7 Å². The van der Waals surface area contributed by atoms with E-state index in [1.165, 1.54) is 4.90 Å². The van der Waals surface area contributed by atoms with E-state index in [0.717, 1.165) is 56.1 Å². The van der Waals surface area contributed by atoms with Crippen molar-refractivity contribution in [2.24, 2.45) is 116 Å². The molecule has 9 saturated carbocycles. The molecule has 3 aromatic carbocycles. The second kappa shape index (κ2) is 48.0. The van der Waals surface area contributed by atoms with Crippen molar-refractivity contribution in [1.82, 2.24) is 63.4 Å². The zero-order valence-electron chi connectivity index (χ0n) is 92.2. The van der Waals surface area contributed by atoms with E-state index in [4.69, 9.17) is 42.1 Å². The van der Waals surface area contributed by atoms with Crippen molar-refractivity contribution in [3.8, 4) is 0 Å². The Labute approximate surface area is 892 Å². The number of alkyl carbamates (subject to hydrolysis) is 3. The normalized spacial score (nSPS) is 23.8. The Kier molecular flexibility index (Phi) is 38.6. The van der Waals surface area contributed by atoms with E-state index >= 15 is 0 Å².